The van der Waals surface area contributed by atoms with Gasteiger partial charge in [-0.1, -0.05) is 47.5 Å². The minimum atomic E-state index is -0.251. The lowest BCUT2D eigenvalue weighted by Crippen LogP contribution is -2.20. The molecule has 4 rings (SSSR count). The van der Waals surface area contributed by atoms with Crippen LogP contribution in [0.1, 0.15) is 11.1 Å². The quantitative estimate of drug-likeness (QED) is 0.239. The molecule has 8 heteroatoms. The maximum Gasteiger partial charge on any atom is 0.262 e. The summed E-state index contributed by atoms with van der Waals surface area (Å²) >= 11 is 11.7. The fraction of sp³-hybridized carbons (Fsp3) is 0.103. The number of nitrogens with one attached hydrogen (secondary N) is 2. The summed E-state index contributed by atoms with van der Waals surface area (Å²) in [7, 11) is 0. The Labute approximate surface area is 225 Å². The molecule has 0 saturated heterocycles. The molecule has 6 nitrogen and oxygen atoms in total. The molecule has 0 atom stereocenters. The third-order valence-corrected chi connectivity index (χ3v) is 5.75. The predicted octanol–water partition coefficient (Wildman–Crippen LogP) is 6.62. The van der Waals surface area contributed by atoms with Gasteiger partial charge in [0.15, 0.2) is 13.2 Å². The predicted molar refractivity (Wildman–Crippen MR) is 147 cm³/mol. The second-order valence-electron chi connectivity index (χ2n) is 8.15. The van der Waals surface area contributed by atoms with Gasteiger partial charge in [-0.25, -0.2) is 0 Å². The van der Waals surface area contributed by atoms with Gasteiger partial charge in [-0.05, 0) is 90.3 Å². The Hall–Kier alpha value is -4.00. The third kappa shape index (κ3) is 8.56. The summed E-state index contributed by atoms with van der Waals surface area (Å²) in [6.45, 7) is -0.195. The molecule has 4 aromatic carbocycles. The number of ether oxygens (including phenoxy) is 2. The van der Waals surface area contributed by atoms with E-state index < -0.39 is 0 Å². The average molecular weight is 535 g/mol. The first-order chi connectivity index (χ1) is 17.9. The molecule has 2 N–H and O–H groups in total. The zero-order valence-electron chi connectivity index (χ0n) is 19.7. The lowest BCUT2D eigenvalue weighted by atomic mass is 10.0. The zero-order valence-corrected chi connectivity index (χ0v) is 21.3. The monoisotopic (exact) mass is 534 g/mol. The van der Waals surface area contributed by atoms with Crippen LogP contribution in [-0.2, 0) is 16.0 Å². The van der Waals surface area contributed by atoms with Crippen LogP contribution in [0.5, 0.6) is 11.5 Å². The van der Waals surface area contributed by atoms with Crippen LogP contribution in [0.4, 0.5) is 11.4 Å². The van der Waals surface area contributed by atoms with E-state index in [0.717, 1.165) is 11.1 Å². The van der Waals surface area contributed by atoms with Crippen molar-refractivity contribution in [3.8, 4) is 11.5 Å². The third-order valence-electron chi connectivity index (χ3n) is 5.25. The van der Waals surface area contributed by atoms with Crippen molar-refractivity contribution in [1.29, 1.82) is 0 Å². The van der Waals surface area contributed by atoms with E-state index in [0.29, 0.717) is 39.3 Å². The van der Waals surface area contributed by atoms with Crippen molar-refractivity contribution in [3.63, 3.8) is 0 Å². The van der Waals surface area contributed by atoms with Gasteiger partial charge in [0.1, 0.15) is 11.5 Å². The summed E-state index contributed by atoms with van der Waals surface area (Å²) in [5.41, 5.74) is 3.55. The van der Waals surface area contributed by atoms with Crippen LogP contribution in [0.2, 0.25) is 10.0 Å². The zero-order chi connectivity index (χ0) is 26.0. The molecule has 0 aliphatic carbocycles. The Bertz CT molecular complexity index is 1220. The van der Waals surface area contributed by atoms with Crippen LogP contribution < -0.4 is 20.1 Å². The van der Waals surface area contributed by atoms with Gasteiger partial charge in [0.05, 0.1) is 0 Å². The van der Waals surface area contributed by atoms with E-state index in [1.165, 1.54) is 0 Å². The Morgan fingerprint density at radius 2 is 0.892 bits per heavy atom. The minimum absolute atomic E-state index is 0.0977. The normalized spacial score (nSPS) is 10.4. The maximum absolute atomic E-state index is 12.2. The molecule has 4 aromatic rings. The first-order valence-electron chi connectivity index (χ1n) is 11.5. The smallest absolute Gasteiger partial charge is 0.262 e. The Balaban J connectivity index is 1.21. The Morgan fingerprint density at radius 1 is 0.541 bits per heavy atom. The van der Waals surface area contributed by atoms with Crippen molar-refractivity contribution in [2.75, 3.05) is 23.8 Å². The van der Waals surface area contributed by atoms with Gasteiger partial charge < -0.3 is 20.1 Å². The van der Waals surface area contributed by atoms with Crippen LogP contribution in [0, 0.1) is 0 Å². The summed E-state index contributed by atoms with van der Waals surface area (Å²) in [5.74, 6) is 0.649. The summed E-state index contributed by atoms with van der Waals surface area (Å²) in [5, 5.41) is 6.85. The number of amides is 2. The van der Waals surface area contributed by atoms with Crippen molar-refractivity contribution < 1.29 is 19.1 Å². The average Bonchev–Trinajstić information content (AvgIpc) is 2.90. The lowest BCUT2D eigenvalue weighted by molar-refractivity contribution is -0.118. The van der Waals surface area contributed by atoms with Crippen molar-refractivity contribution >= 4 is 46.4 Å². The van der Waals surface area contributed by atoms with Gasteiger partial charge in [-0.2, -0.15) is 0 Å². The molecular formula is C29H24Cl2N2O4. The molecule has 0 aromatic heterocycles. The van der Waals surface area contributed by atoms with Gasteiger partial charge in [0.25, 0.3) is 11.8 Å². The summed E-state index contributed by atoms with van der Waals surface area (Å²) in [6, 6.07) is 28.9. The molecule has 0 aliphatic rings. The highest BCUT2D eigenvalue weighted by atomic mass is 35.5. The molecule has 0 fully saturated rings. The largest absolute Gasteiger partial charge is 0.484 e. The molecular weight excluding hydrogens is 511 g/mol. The van der Waals surface area contributed by atoms with Gasteiger partial charge in [0, 0.05) is 21.4 Å². The first kappa shape index (κ1) is 26.1. The number of rotatable bonds is 10. The molecule has 188 valence electrons. The minimum Gasteiger partial charge on any atom is -0.484 e. The molecule has 0 unspecified atom stereocenters. The van der Waals surface area contributed by atoms with E-state index in [1.807, 2.05) is 48.5 Å². The number of benzene rings is 4. The number of halogens is 2. The highest BCUT2D eigenvalue weighted by Gasteiger charge is 2.06. The highest BCUT2D eigenvalue weighted by Crippen LogP contribution is 2.18. The van der Waals surface area contributed by atoms with E-state index in [9.17, 15) is 9.59 Å². The van der Waals surface area contributed by atoms with Crippen LogP contribution in [0.3, 0.4) is 0 Å². The second-order valence-corrected chi connectivity index (χ2v) is 9.03. The fourth-order valence-electron chi connectivity index (χ4n) is 3.40. The van der Waals surface area contributed by atoms with Crippen LogP contribution >= 0.6 is 23.2 Å². The molecule has 0 bridgehead atoms. The summed E-state index contributed by atoms with van der Waals surface area (Å²) in [6.07, 6.45) is 0.710. The first-order valence-corrected chi connectivity index (χ1v) is 12.2. The number of hydrogen-bond donors (Lipinski definition) is 2. The highest BCUT2D eigenvalue weighted by molar-refractivity contribution is 6.30. The molecule has 0 saturated carbocycles. The molecule has 2 amide bonds. The van der Waals surface area contributed by atoms with Crippen molar-refractivity contribution in [1.82, 2.24) is 0 Å². The van der Waals surface area contributed by atoms with E-state index in [-0.39, 0.29) is 25.0 Å². The SMILES string of the molecule is O=C(COc1ccc(Cl)cc1)Nc1ccc(Cc2ccc(NC(=O)COc3ccc(Cl)cc3)cc2)cc1. The van der Waals surface area contributed by atoms with Crippen molar-refractivity contribution in [3.05, 3.63) is 118 Å². The van der Waals surface area contributed by atoms with Crippen LogP contribution in [-0.4, -0.2) is 25.0 Å². The van der Waals surface area contributed by atoms with E-state index >= 15 is 0 Å². The lowest BCUT2D eigenvalue weighted by Gasteiger charge is -2.10. The summed E-state index contributed by atoms with van der Waals surface area (Å²) < 4.78 is 10.9. The molecule has 37 heavy (non-hydrogen) atoms. The second kappa shape index (κ2) is 12.8. The molecule has 0 aliphatic heterocycles. The van der Waals surface area contributed by atoms with E-state index in [4.69, 9.17) is 32.7 Å². The number of carbonyl (C=O) groups excluding carboxylic acids is 2. The number of carbonyl (C=O) groups is 2. The van der Waals surface area contributed by atoms with Crippen molar-refractivity contribution in [2.45, 2.75) is 6.42 Å². The van der Waals surface area contributed by atoms with E-state index in [1.54, 1.807) is 48.5 Å². The van der Waals surface area contributed by atoms with Gasteiger partial charge in [0.2, 0.25) is 0 Å². The number of anilines is 2. The van der Waals surface area contributed by atoms with Crippen molar-refractivity contribution in [2.24, 2.45) is 0 Å². The fourth-order valence-corrected chi connectivity index (χ4v) is 3.65. The number of hydrogen-bond acceptors (Lipinski definition) is 4. The molecule has 0 spiro atoms. The van der Waals surface area contributed by atoms with Gasteiger partial charge in [-0.15, -0.1) is 0 Å². The maximum atomic E-state index is 12.2. The Kier molecular flexibility index (Phi) is 9.03. The van der Waals surface area contributed by atoms with Gasteiger partial charge >= 0.3 is 0 Å². The van der Waals surface area contributed by atoms with Crippen LogP contribution in [0.25, 0.3) is 0 Å². The topological polar surface area (TPSA) is 76.7 Å². The van der Waals surface area contributed by atoms with Gasteiger partial charge in [-0.3, -0.25) is 9.59 Å². The molecule has 0 heterocycles. The van der Waals surface area contributed by atoms with Crippen LogP contribution in [0.15, 0.2) is 97.1 Å². The Morgan fingerprint density at radius 3 is 1.24 bits per heavy atom. The standard InChI is InChI=1S/C29H24Cl2N2O4/c30-22-5-13-26(14-6-22)36-18-28(34)32-24-9-1-20(2-10-24)17-21-3-11-25(12-4-21)33-29(35)19-37-27-15-7-23(31)8-16-27/h1-16H,17-19H2,(H,32,34)(H,33,35). The summed E-state index contributed by atoms with van der Waals surface area (Å²) in [4.78, 5) is 24.3. The molecule has 0 radical (unpaired) electrons. The van der Waals surface area contributed by atoms with E-state index in [2.05, 4.69) is 10.6 Å².